The largest absolute Gasteiger partial charge is 0.480 e. The van der Waals surface area contributed by atoms with Crippen LogP contribution in [0.3, 0.4) is 0 Å². The number of carbonyl (C=O) groups is 2. The summed E-state index contributed by atoms with van der Waals surface area (Å²) in [5.41, 5.74) is -0.939. The van der Waals surface area contributed by atoms with Crippen LogP contribution in [0.1, 0.15) is 23.2 Å². The van der Waals surface area contributed by atoms with Crippen molar-refractivity contribution >= 4 is 21.9 Å². The van der Waals surface area contributed by atoms with Gasteiger partial charge in [-0.2, -0.15) is 0 Å². The lowest BCUT2D eigenvalue weighted by atomic mass is 10.2. The molecule has 2 rings (SSSR count). The van der Waals surface area contributed by atoms with Crippen LogP contribution in [-0.4, -0.2) is 49.3 Å². The van der Waals surface area contributed by atoms with Gasteiger partial charge in [-0.1, -0.05) is 0 Å². The topological polar surface area (TPSA) is 104 Å². The molecule has 0 aliphatic heterocycles. The molecule has 0 heterocycles. The number of carboxylic acid groups (broad SMARTS) is 1. The minimum Gasteiger partial charge on any atom is -0.480 e. The van der Waals surface area contributed by atoms with Gasteiger partial charge in [0, 0.05) is 19.7 Å². The van der Waals surface area contributed by atoms with Crippen molar-refractivity contribution in [3.8, 4) is 0 Å². The Morgan fingerprint density at radius 2 is 1.71 bits per heavy atom. The summed E-state index contributed by atoms with van der Waals surface area (Å²) in [6.45, 7) is 0. The van der Waals surface area contributed by atoms with Gasteiger partial charge in [0.05, 0.1) is 4.90 Å². The van der Waals surface area contributed by atoms with Crippen molar-refractivity contribution in [1.29, 1.82) is 0 Å². The number of hydrogen-bond donors (Lipinski definition) is 2. The number of nitrogens with one attached hydrogen (secondary N) is 1. The number of nitrogens with zero attached hydrogens (tertiary/aromatic N) is 1. The number of aliphatic carboxylic acids is 1. The highest BCUT2D eigenvalue weighted by molar-refractivity contribution is 7.89. The normalized spacial score (nSPS) is 16.5. The van der Waals surface area contributed by atoms with Gasteiger partial charge in [0.1, 0.15) is 5.54 Å². The van der Waals surface area contributed by atoms with Crippen LogP contribution in [0.4, 0.5) is 0 Å². The van der Waals surface area contributed by atoms with Crippen molar-refractivity contribution in [2.45, 2.75) is 23.3 Å². The van der Waals surface area contributed by atoms with E-state index in [-0.39, 0.29) is 10.5 Å². The predicted octanol–water partition coefficient (Wildman–Crippen LogP) is 0.284. The van der Waals surface area contributed by atoms with E-state index in [0.29, 0.717) is 12.8 Å². The molecular formula is C13H16N2O5S. The maximum absolute atomic E-state index is 12.0. The van der Waals surface area contributed by atoms with E-state index in [1.165, 1.54) is 38.4 Å². The van der Waals surface area contributed by atoms with Gasteiger partial charge in [-0.15, -0.1) is 0 Å². The van der Waals surface area contributed by atoms with Gasteiger partial charge in [-0.3, -0.25) is 4.79 Å². The monoisotopic (exact) mass is 312 g/mol. The van der Waals surface area contributed by atoms with Crippen LogP contribution in [-0.2, 0) is 14.8 Å². The molecule has 114 valence electrons. The number of sulfonamides is 1. The van der Waals surface area contributed by atoms with E-state index in [4.69, 9.17) is 5.11 Å². The van der Waals surface area contributed by atoms with Gasteiger partial charge >= 0.3 is 5.97 Å². The molecule has 0 spiro atoms. The average Bonchev–Trinajstić information content (AvgIpc) is 3.19. The van der Waals surface area contributed by atoms with Crippen LogP contribution in [0.25, 0.3) is 0 Å². The zero-order valence-corrected chi connectivity index (χ0v) is 12.5. The molecule has 2 N–H and O–H groups in total. The second kappa shape index (κ2) is 5.12. The fourth-order valence-electron chi connectivity index (χ4n) is 1.80. The van der Waals surface area contributed by atoms with Gasteiger partial charge < -0.3 is 10.4 Å². The molecule has 0 bridgehead atoms. The molecule has 1 aliphatic carbocycles. The van der Waals surface area contributed by atoms with Gasteiger partial charge in [-0.25, -0.2) is 17.5 Å². The Bertz CT molecular complexity index is 675. The molecule has 21 heavy (non-hydrogen) atoms. The number of carboxylic acids is 1. The minimum atomic E-state index is -3.55. The Balaban J connectivity index is 2.16. The van der Waals surface area contributed by atoms with Crippen molar-refractivity contribution in [1.82, 2.24) is 9.62 Å². The molecule has 1 amide bonds. The van der Waals surface area contributed by atoms with Crippen molar-refractivity contribution in [3.63, 3.8) is 0 Å². The first-order valence-electron chi connectivity index (χ1n) is 6.27. The third-order valence-corrected chi connectivity index (χ3v) is 5.24. The maximum atomic E-state index is 12.0. The highest BCUT2D eigenvalue weighted by atomic mass is 32.2. The van der Waals surface area contributed by atoms with Gasteiger partial charge in [0.25, 0.3) is 5.91 Å². The number of amides is 1. The Kier molecular flexibility index (Phi) is 3.77. The molecule has 0 unspecified atom stereocenters. The van der Waals surface area contributed by atoms with E-state index in [1.807, 2.05) is 0 Å². The van der Waals surface area contributed by atoms with E-state index in [9.17, 15) is 18.0 Å². The maximum Gasteiger partial charge on any atom is 0.329 e. The van der Waals surface area contributed by atoms with Crippen LogP contribution in [0.5, 0.6) is 0 Å². The zero-order chi connectivity index (χ0) is 15.8. The smallest absolute Gasteiger partial charge is 0.329 e. The van der Waals surface area contributed by atoms with E-state index in [2.05, 4.69) is 5.32 Å². The van der Waals surface area contributed by atoms with Crippen molar-refractivity contribution in [2.24, 2.45) is 0 Å². The first kappa shape index (κ1) is 15.5. The van der Waals surface area contributed by atoms with Gasteiger partial charge in [0.2, 0.25) is 10.0 Å². The third-order valence-electron chi connectivity index (χ3n) is 3.41. The Labute approximate surface area is 122 Å². The van der Waals surface area contributed by atoms with Crippen LogP contribution in [0, 0.1) is 0 Å². The van der Waals surface area contributed by atoms with Gasteiger partial charge in [-0.05, 0) is 37.1 Å². The number of carbonyl (C=O) groups excluding carboxylic acids is 1. The highest BCUT2D eigenvalue weighted by Crippen LogP contribution is 2.35. The molecule has 1 fully saturated rings. The van der Waals surface area contributed by atoms with E-state index >= 15 is 0 Å². The molecule has 0 saturated heterocycles. The lowest BCUT2D eigenvalue weighted by Crippen LogP contribution is -2.43. The zero-order valence-electron chi connectivity index (χ0n) is 11.7. The van der Waals surface area contributed by atoms with E-state index < -0.39 is 27.4 Å². The molecule has 1 saturated carbocycles. The lowest BCUT2D eigenvalue weighted by molar-refractivity contribution is -0.140. The van der Waals surface area contributed by atoms with Crippen LogP contribution < -0.4 is 5.32 Å². The van der Waals surface area contributed by atoms with E-state index in [0.717, 1.165) is 4.31 Å². The van der Waals surface area contributed by atoms with Gasteiger partial charge in [0.15, 0.2) is 0 Å². The Morgan fingerprint density at radius 3 is 2.10 bits per heavy atom. The molecular weight excluding hydrogens is 296 g/mol. The molecule has 1 aromatic rings. The van der Waals surface area contributed by atoms with Crippen molar-refractivity contribution in [2.75, 3.05) is 14.1 Å². The highest BCUT2D eigenvalue weighted by Gasteiger charge is 2.51. The molecule has 0 aromatic heterocycles. The number of hydrogen-bond acceptors (Lipinski definition) is 4. The molecule has 1 aromatic carbocycles. The fraction of sp³-hybridized carbons (Fsp3) is 0.385. The summed E-state index contributed by atoms with van der Waals surface area (Å²) in [5, 5.41) is 11.5. The van der Waals surface area contributed by atoms with Crippen LogP contribution >= 0.6 is 0 Å². The SMILES string of the molecule is CN(C)S(=O)(=O)c1ccc(C(=O)NC2(C(=O)O)CC2)cc1. The van der Waals surface area contributed by atoms with Crippen molar-refractivity contribution in [3.05, 3.63) is 29.8 Å². The lowest BCUT2D eigenvalue weighted by Gasteiger charge is -2.13. The van der Waals surface area contributed by atoms with E-state index in [1.54, 1.807) is 0 Å². The average molecular weight is 312 g/mol. The van der Waals surface area contributed by atoms with Crippen LogP contribution in [0.15, 0.2) is 29.2 Å². The summed E-state index contributed by atoms with van der Waals surface area (Å²) < 4.78 is 24.9. The van der Waals surface area contributed by atoms with Crippen molar-refractivity contribution < 1.29 is 23.1 Å². The summed E-state index contributed by atoms with van der Waals surface area (Å²) in [6.07, 6.45) is 0.808. The molecule has 1 aliphatic rings. The summed E-state index contributed by atoms with van der Waals surface area (Å²) in [5.74, 6) is -1.58. The second-order valence-corrected chi connectivity index (χ2v) is 7.31. The number of benzene rings is 1. The minimum absolute atomic E-state index is 0.0726. The molecule has 7 nitrogen and oxygen atoms in total. The summed E-state index contributed by atoms with van der Waals surface area (Å²) in [6, 6.07) is 5.38. The molecule has 0 radical (unpaired) electrons. The van der Waals surface area contributed by atoms with Crippen LogP contribution in [0.2, 0.25) is 0 Å². The standard InChI is InChI=1S/C13H16N2O5S/c1-15(2)21(19,20)10-5-3-9(4-6-10)11(16)14-13(7-8-13)12(17)18/h3-6H,7-8H2,1-2H3,(H,14,16)(H,17,18). The summed E-state index contributed by atoms with van der Waals surface area (Å²) in [7, 11) is -0.715. The number of rotatable bonds is 5. The molecule has 8 heteroatoms. The Hall–Kier alpha value is -1.93. The third kappa shape index (κ3) is 2.91. The fourth-order valence-corrected chi connectivity index (χ4v) is 2.70. The quantitative estimate of drug-likeness (QED) is 0.813. The molecule has 0 atom stereocenters. The Morgan fingerprint density at radius 1 is 1.19 bits per heavy atom. The first-order valence-corrected chi connectivity index (χ1v) is 7.71. The summed E-state index contributed by atoms with van der Waals surface area (Å²) in [4.78, 5) is 23.0. The summed E-state index contributed by atoms with van der Waals surface area (Å²) >= 11 is 0. The predicted molar refractivity (Wildman–Crippen MR) is 74.4 cm³/mol. The first-order chi connectivity index (χ1) is 9.69. The second-order valence-electron chi connectivity index (χ2n) is 5.15.